The van der Waals surface area contributed by atoms with E-state index in [2.05, 4.69) is 0 Å². The summed E-state index contributed by atoms with van der Waals surface area (Å²) in [7, 11) is 4.33. The van der Waals surface area contributed by atoms with Crippen LogP contribution in [0.4, 0.5) is 0 Å². The molecular weight excluding hydrogens is 256 g/mol. The van der Waals surface area contributed by atoms with Gasteiger partial charge in [-0.3, -0.25) is 0 Å². The predicted molar refractivity (Wildman–Crippen MR) is 58.5 cm³/mol. The molecule has 0 N–H and O–H groups in total. The third-order valence-corrected chi connectivity index (χ3v) is 3.10. The van der Waals surface area contributed by atoms with Crippen molar-refractivity contribution in [3.63, 3.8) is 0 Å². The fourth-order valence-electron chi connectivity index (χ4n) is 1.04. The summed E-state index contributed by atoms with van der Waals surface area (Å²) in [6, 6.07) is 4.07. The van der Waals surface area contributed by atoms with E-state index in [1.165, 1.54) is 32.4 Å². The van der Waals surface area contributed by atoms with E-state index in [-0.39, 0.29) is 17.4 Å². The molecule has 0 bridgehead atoms. The molecule has 7 heteroatoms. The highest BCUT2D eigenvalue weighted by Crippen LogP contribution is 2.30. The average molecular weight is 267 g/mol. The Bertz CT molecular complexity index is 457. The average Bonchev–Trinajstić information content (AvgIpc) is 2.24. The highest BCUT2D eigenvalue weighted by atomic mass is 35.7. The molecule has 0 aromatic heterocycles. The Kier molecular flexibility index (Phi) is 4.40. The quantitative estimate of drug-likeness (QED) is 0.598. The van der Waals surface area contributed by atoms with Crippen LogP contribution >= 0.6 is 10.7 Å². The van der Waals surface area contributed by atoms with E-state index in [4.69, 9.17) is 24.9 Å². The maximum Gasteiger partial charge on any atom is 0.261 e. The summed E-state index contributed by atoms with van der Waals surface area (Å²) in [5.41, 5.74) is 0. The molecule has 1 aromatic carbocycles. The van der Waals surface area contributed by atoms with Crippen LogP contribution < -0.4 is 9.47 Å². The lowest BCUT2D eigenvalue weighted by atomic mass is 10.3. The van der Waals surface area contributed by atoms with E-state index in [0.717, 1.165) is 0 Å². The summed E-state index contributed by atoms with van der Waals surface area (Å²) in [6.07, 6.45) is 0. The molecule has 0 aliphatic rings. The Morgan fingerprint density at radius 2 is 1.94 bits per heavy atom. The van der Waals surface area contributed by atoms with Gasteiger partial charge in [0.25, 0.3) is 9.05 Å². The second-order valence-electron chi connectivity index (χ2n) is 2.80. The molecule has 0 saturated heterocycles. The molecule has 0 atom stereocenters. The minimum absolute atomic E-state index is 0.0118. The zero-order chi connectivity index (χ0) is 12.2. The first-order chi connectivity index (χ1) is 7.49. The number of ether oxygens (including phenoxy) is 3. The van der Waals surface area contributed by atoms with Gasteiger partial charge in [0.05, 0.1) is 12.0 Å². The molecule has 0 unspecified atom stereocenters. The first-order valence-corrected chi connectivity index (χ1v) is 6.54. The second kappa shape index (κ2) is 5.38. The molecule has 0 heterocycles. The third kappa shape index (κ3) is 3.26. The lowest BCUT2D eigenvalue weighted by Gasteiger charge is -2.10. The number of rotatable bonds is 5. The summed E-state index contributed by atoms with van der Waals surface area (Å²) in [4.78, 5) is -0.0546. The van der Waals surface area contributed by atoms with Crippen molar-refractivity contribution in [2.75, 3.05) is 21.0 Å². The number of hydrogen-bond acceptors (Lipinski definition) is 5. The van der Waals surface area contributed by atoms with E-state index in [9.17, 15) is 8.42 Å². The van der Waals surface area contributed by atoms with Crippen LogP contribution in [0, 0.1) is 0 Å². The molecule has 0 saturated carbocycles. The van der Waals surface area contributed by atoms with Gasteiger partial charge < -0.3 is 14.2 Å². The maximum atomic E-state index is 11.1. The van der Waals surface area contributed by atoms with Crippen LogP contribution in [0.25, 0.3) is 0 Å². The Balaban J connectivity index is 3.11. The molecule has 0 aliphatic carbocycles. The van der Waals surface area contributed by atoms with E-state index in [1.54, 1.807) is 0 Å². The van der Waals surface area contributed by atoms with Gasteiger partial charge in [-0.25, -0.2) is 8.42 Å². The van der Waals surface area contributed by atoms with Crippen molar-refractivity contribution in [3.8, 4) is 11.5 Å². The molecule has 1 rings (SSSR count). The van der Waals surface area contributed by atoms with Gasteiger partial charge in [0.15, 0.2) is 18.3 Å². The van der Waals surface area contributed by atoms with Gasteiger partial charge in [-0.05, 0) is 12.1 Å². The second-order valence-corrected chi connectivity index (χ2v) is 5.37. The molecule has 0 fully saturated rings. The first kappa shape index (κ1) is 13.1. The minimum atomic E-state index is -3.78. The predicted octanol–water partition coefficient (Wildman–Crippen LogP) is 1.61. The largest absolute Gasteiger partial charge is 0.493 e. The van der Waals surface area contributed by atoms with Gasteiger partial charge in [0.2, 0.25) is 0 Å². The van der Waals surface area contributed by atoms with Gasteiger partial charge in [0.1, 0.15) is 0 Å². The molecule has 90 valence electrons. The molecule has 0 aliphatic heterocycles. The van der Waals surface area contributed by atoms with Crippen molar-refractivity contribution in [2.24, 2.45) is 0 Å². The SMILES string of the molecule is COCOc1cc(S(=O)(=O)Cl)ccc1OC. The van der Waals surface area contributed by atoms with Gasteiger partial charge in [-0.1, -0.05) is 0 Å². The van der Waals surface area contributed by atoms with Crippen molar-refractivity contribution in [2.45, 2.75) is 4.90 Å². The summed E-state index contributed by atoms with van der Waals surface area (Å²) < 4.78 is 37.0. The lowest BCUT2D eigenvalue weighted by molar-refractivity contribution is 0.0490. The number of halogens is 1. The van der Waals surface area contributed by atoms with Crippen molar-refractivity contribution < 1.29 is 22.6 Å². The van der Waals surface area contributed by atoms with Gasteiger partial charge in [-0.2, -0.15) is 0 Å². The van der Waals surface area contributed by atoms with Crippen molar-refractivity contribution in [1.29, 1.82) is 0 Å². The highest BCUT2D eigenvalue weighted by Gasteiger charge is 2.14. The van der Waals surface area contributed by atoms with Crippen LogP contribution in [0.15, 0.2) is 23.1 Å². The smallest absolute Gasteiger partial charge is 0.261 e. The van der Waals surface area contributed by atoms with E-state index in [1.807, 2.05) is 0 Å². The Morgan fingerprint density at radius 1 is 1.25 bits per heavy atom. The van der Waals surface area contributed by atoms with Crippen LogP contribution in [0.5, 0.6) is 11.5 Å². The Morgan fingerprint density at radius 3 is 2.44 bits per heavy atom. The topological polar surface area (TPSA) is 61.8 Å². The first-order valence-electron chi connectivity index (χ1n) is 4.23. The highest BCUT2D eigenvalue weighted by molar-refractivity contribution is 8.13. The van der Waals surface area contributed by atoms with E-state index in [0.29, 0.717) is 5.75 Å². The fraction of sp³-hybridized carbons (Fsp3) is 0.333. The summed E-state index contributed by atoms with van der Waals surface area (Å²) in [5, 5.41) is 0. The Labute approximate surface area is 98.3 Å². The van der Waals surface area contributed by atoms with Crippen LogP contribution in [0.3, 0.4) is 0 Å². The van der Waals surface area contributed by atoms with Gasteiger partial charge >= 0.3 is 0 Å². The minimum Gasteiger partial charge on any atom is -0.493 e. The molecule has 1 aromatic rings. The molecule has 5 nitrogen and oxygen atoms in total. The van der Waals surface area contributed by atoms with Crippen molar-refractivity contribution in [3.05, 3.63) is 18.2 Å². The number of benzene rings is 1. The van der Waals surface area contributed by atoms with E-state index >= 15 is 0 Å². The molecular formula is C9H11ClO5S. The van der Waals surface area contributed by atoms with Crippen molar-refractivity contribution in [1.82, 2.24) is 0 Å². The van der Waals surface area contributed by atoms with Gasteiger partial charge in [0, 0.05) is 23.9 Å². The van der Waals surface area contributed by atoms with Crippen LogP contribution in [0.2, 0.25) is 0 Å². The van der Waals surface area contributed by atoms with Crippen LogP contribution in [0.1, 0.15) is 0 Å². The summed E-state index contributed by atoms with van der Waals surface area (Å²) in [6.45, 7) is -0.0118. The molecule has 0 radical (unpaired) electrons. The summed E-state index contributed by atoms with van der Waals surface area (Å²) >= 11 is 0. The van der Waals surface area contributed by atoms with E-state index < -0.39 is 9.05 Å². The maximum absolute atomic E-state index is 11.1. The van der Waals surface area contributed by atoms with Crippen LogP contribution in [-0.4, -0.2) is 29.4 Å². The molecule has 0 spiro atoms. The van der Waals surface area contributed by atoms with Crippen molar-refractivity contribution >= 4 is 19.7 Å². The normalized spacial score (nSPS) is 11.2. The third-order valence-electron chi connectivity index (χ3n) is 1.75. The van der Waals surface area contributed by atoms with Gasteiger partial charge in [-0.15, -0.1) is 0 Å². The van der Waals surface area contributed by atoms with Crippen LogP contribution in [-0.2, 0) is 13.8 Å². The number of hydrogen-bond donors (Lipinski definition) is 0. The zero-order valence-electron chi connectivity index (χ0n) is 8.77. The Hall–Kier alpha value is -0.980. The summed E-state index contributed by atoms with van der Waals surface area (Å²) in [5.74, 6) is 0.659. The molecule has 16 heavy (non-hydrogen) atoms. The number of methoxy groups -OCH3 is 2. The fourth-order valence-corrected chi connectivity index (χ4v) is 1.81. The monoisotopic (exact) mass is 266 g/mol. The molecule has 0 amide bonds. The lowest BCUT2D eigenvalue weighted by Crippen LogP contribution is -2.02. The standard InChI is InChI=1S/C9H11ClO5S/c1-13-6-15-9-5-7(16(10,11)12)3-4-8(9)14-2/h3-5H,6H2,1-2H3. The zero-order valence-corrected chi connectivity index (χ0v) is 10.3.